The van der Waals surface area contributed by atoms with Crippen LogP contribution in [0.5, 0.6) is 5.75 Å². The molecule has 2 aromatic rings. The molecule has 2 amide bonds. The standard InChI is InChI=1S/C17H18N4O3/c1-21(8-4-13-11-18-5-6-19-13)17(23)12-2-3-15-14(10-12)16(22)20-7-9-24-15/h2-3,5-6,10-11H,4,7-9H2,1H3,(H,20,22). The zero-order valence-corrected chi connectivity index (χ0v) is 13.4. The average molecular weight is 326 g/mol. The number of rotatable bonds is 4. The van der Waals surface area contributed by atoms with Crippen molar-refractivity contribution in [3.8, 4) is 5.75 Å². The molecule has 0 unspecified atom stereocenters. The molecule has 3 rings (SSSR count). The van der Waals surface area contributed by atoms with Crippen LogP contribution < -0.4 is 10.1 Å². The fourth-order valence-electron chi connectivity index (χ4n) is 2.45. The summed E-state index contributed by atoms with van der Waals surface area (Å²) in [5, 5.41) is 2.74. The van der Waals surface area contributed by atoms with Gasteiger partial charge in [-0.3, -0.25) is 19.6 Å². The predicted molar refractivity (Wildman–Crippen MR) is 87.0 cm³/mol. The van der Waals surface area contributed by atoms with E-state index in [0.29, 0.717) is 43.0 Å². The second kappa shape index (κ2) is 7.08. The first-order valence-corrected chi connectivity index (χ1v) is 7.70. The van der Waals surface area contributed by atoms with E-state index in [1.165, 1.54) is 0 Å². The smallest absolute Gasteiger partial charge is 0.255 e. The van der Waals surface area contributed by atoms with Crippen LogP contribution in [0.2, 0.25) is 0 Å². The lowest BCUT2D eigenvalue weighted by Crippen LogP contribution is -2.29. The van der Waals surface area contributed by atoms with Crippen molar-refractivity contribution in [2.75, 3.05) is 26.7 Å². The van der Waals surface area contributed by atoms with Crippen molar-refractivity contribution in [1.29, 1.82) is 0 Å². The molecule has 7 heteroatoms. The van der Waals surface area contributed by atoms with Gasteiger partial charge in [0.05, 0.1) is 17.8 Å². The van der Waals surface area contributed by atoms with Gasteiger partial charge >= 0.3 is 0 Å². The first-order chi connectivity index (χ1) is 11.6. The van der Waals surface area contributed by atoms with Crippen LogP contribution in [0.1, 0.15) is 26.4 Å². The highest BCUT2D eigenvalue weighted by Gasteiger charge is 2.20. The molecule has 0 aliphatic carbocycles. The second-order valence-electron chi connectivity index (χ2n) is 5.49. The average Bonchev–Trinajstić information content (AvgIpc) is 2.81. The Kier molecular flexibility index (Phi) is 4.69. The SMILES string of the molecule is CN(CCc1cnccn1)C(=O)c1ccc2c(c1)C(=O)NCCO2. The van der Waals surface area contributed by atoms with Crippen molar-refractivity contribution in [2.45, 2.75) is 6.42 Å². The number of ether oxygens (including phenoxy) is 1. The molecule has 1 aromatic heterocycles. The molecule has 1 N–H and O–H groups in total. The Morgan fingerprint density at radius 3 is 3.04 bits per heavy atom. The quantitative estimate of drug-likeness (QED) is 0.903. The van der Waals surface area contributed by atoms with Crippen LogP contribution in [0.15, 0.2) is 36.8 Å². The molecule has 124 valence electrons. The first kappa shape index (κ1) is 15.9. The van der Waals surface area contributed by atoms with Gasteiger partial charge < -0.3 is 15.0 Å². The summed E-state index contributed by atoms with van der Waals surface area (Å²) in [4.78, 5) is 34.4. The largest absolute Gasteiger partial charge is 0.491 e. The third kappa shape index (κ3) is 3.51. The second-order valence-corrected chi connectivity index (χ2v) is 5.49. The predicted octanol–water partition coefficient (Wildman–Crippen LogP) is 0.913. The van der Waals surface area contributed by atoms with Crippen molar-refractivity contribution in [2.24, 2.45) is 0 Å². The minimum absolute atomic E-state index is 0.154. The highest BCUT2D eigenvalue weighted by atomic mass is 16.5. The number of hydrogen-bond donors (Lipinski definition) is 1. The third-order valence-corrected chi connectivity index (χ3v) is 3.78. The molecule has 1 aliphatic rings. The Morgan fingerprint density at radius 1 is 1.38 bits per heavy atom. The van der Waals surface area contributed by atoms with Crippen molar-refractivity contribution in [1.82, 2.24) is 20.2 Å². The number of fused-ring (bicyclic) bond motifs is 1. The lowest BCUT2D eigenvalue weighted by atomic mass is 10.1. The lowest BCUT2D eigenvalue weighted by Gasteiger charge is -2.17. The van der Waals surface area contributed by atoms with Crippen LogP contribution >= 0.6 is 0 Å². The van der Waals surface area contributed by atoms with E-state index in [-0.39, 0.29) is 11.8 Å². The summed E-state index contributed by atoms with van der Waals surface area (Å²) < 4.78 is 5.50. The molecular formula is C17H18N4O3. The molecule has 7 nitrogen and oxygen atoms in total. The first-order valence-electron chi connectivity index (χ1n) is 7.70. The molecular weight excluding hydrogens is 308 g/mol. The van der Waals surface area contributed by atoms with E-state index in [9.17, 15) is 9.59 Å². The minimum Gasteiger partial charge on any atom is -0.491 e. The van der Waals surface area contributed by atoms with E-state index in [2.05, 4.69) is 15.3 Å². The summed E-state index contributed by atoms with van der Waals surface area (Å²) in [6, 6.07) is 4.93. The summed E-state index contributed by atoms with van der Waals surface area (Å²) in [7, 11) is 1.72. The highest BCUT2D eigenvalue weighted by molar-refractivity contribution is 6.01. The molecule has 0 fully saturated rings. The fraction of sp³-hybridized carbons (Fsp3) is 0.294. The van der Waals surface area contributed by atoms with Crippen molar-refractivity contribution in [3.63, 3.8) is 0 Å². The van der Waals surface area contributed by atoms with Gasteiger partial charge in [0.2, 0.25) is 0 Å². The van der Waals surface area contributed by atoms with Gasteiger partial charge in [0.25, 0.3) is 11.8 Å². The Morgan fingerprint density at radius 2 is 2.25 bits per heavy atom. The van der Waals surface area contributed by atoms with E-state index in [1.807, 2.05) is 0 Å². The lowest BCUT2D eigenvalue weighted by molar-refractivity contribution is 0.0796. The van der Waals surface area contributed by atoms with Crippen molar-refractivity contribution in [3.05, 3.63) is 53.6 Å². The van der Waals surface area contributed by atoms with Gasteiger partial charge in [0, 0.05) is 44.2 Å². The van der Waals surface area contributed by atoms with E-state index in [4.69, 9.17) is 4.74 Å². The van der Waals surface area contributed by atoms with Crippen molar-refractivity contribution < 1.29 is 14.3 Å². The van der Waals surface area contributed by atoms with Crippen LogP contribution in [0.25, 0.3) is 0 Å². The summed E-state index contributed by atoms with van der Waals surface area (Å²) in [6.45, 7) is 1.39. The topological polar surface area (TPSA) is 84.4 Å². The third-order valence-electron chi connectivity index (χ3n) is 3.78. The number of carbonyl (C=O) groups excluding carboxylic acids is 2. The van der Waals surface area contributed by atoms with Crippen LogP contribution in [0, 0.1) is 0 Å². The van der Waals surface area contributed by atoms with E-state index in [1.54, 1.807) is 48.7 Å². The zero-order valence-electron chi connectivity index (χ0n) is 13.4. The monoisotopic (exact) mass is 326 g/mol. The van der Waals surface area contributed by atoms with Gasteiger partial charge in [-0.1, -0.05) is 0 Å². The Hall–Kier alpha value is -2.96. The Balaban J connectivity index is 1.71. The molecule has 24 heavy (non-hydrogen) atoms. The Labute approximate surface area is 139 Å². The molecule has 0 radical (unpaired) electrons. The van der Waals surface area contributed by atoms with Gasteiger partial charge in [-0.25, -0.2) is 0 Å². The number of nitrogens with one attached hydrogen (secondary N) is 1. The minimum atomic E-state index is -0.223. The van der Waals surface area contributed by atoms with E-state index < -0.39 is 0 Å². The van der Waals surface area contributed by atoms with Crippen molar-refractivity contribution >= 4 is 11.8 Å². The number of aromatic nitrogens is 2. The number of hydrogen-bond acceptors (Lipinski definition) is 5. The van der Waals surface area contributed by atoms with Gasteiger partial charge in [0.15, 0.2) is 0 Å². The highest BCUT2D eigenvalue weighted by Crippen LogP contribution is 2.22. The Bertz CT molecular complexity index is 749. The number of amides is 2. The molecule has 0 bridgehead atoms. The van der Waals surface area contributed by atoms with Crippen LogP contribution in [-0.2, 0) is 6.42 Å². The van der Waals surface area contributed by atoms with Crippen LogP contribution in [0.4, 0.5) is 0 Å². The summed E-state index contributed by atoms with van der Waals surface area (Å²) in [5.74, 6) is 0.127. The normalized spacial score (nSPS) is 13.3. The maximum Gasteiger partial charge on any atom is 0.255 e. The molecule has 1 aliphatic heterocycles. The summed E-state index contributed by atoms with van der Waals surface area (Å²) in [5.41, 5.74) is 1.67. The zero-order chi connectivity index (χ0) is 16.9. The fourth-order valence-corrected chi connectivity index (χ4v) is 2.45. The number of carbonyl (C=O) groups is 2. The van der Waals surface area contributed by atoms with Gasteiger partial charge in [0.1, 0.15) is 12.4 Å². The molecule has 0 saturated heterocycles. The number of nitrogens with zero attached hydrogens (tertiary/aromatic N) is 3. The molecule has 0 saturated carbocycles. The van der Waals surface area contributed by atoms with Gasteiger partial charge in [-0.05, 0) is 18.2 Å². The van der Waals surface area contributed by atoms with E-state index >= 15 is 0 Å². The van der Waals surface area contributed by atoms with Gasteiger partial charge in [-0.15, -0.1) is 0 Å². The number of likely N-dealkylation sites (N-methyl/N-ethyl adjacent to an activating group) is 1. The molecule has 0 atom stereocenters. The maximum atomic E-state index is 12.6. The summed E-state index contributed by atoms with van der Waals surface area (Å²) >= 11 is 0. The van der Waals surface area contributed by atoms with E-state index in [0.717, 1.165) is 5.69 Å². The molecule has 1 aromatic carbocycles. The van der Waals surface area contributed by atoms with Crippen LogP contribution in [-0.4, -0.2) is 53.4 Å². The van der Waals surface area contributed by atoms with Crippen LogP contribution in [0.3, 0.4) is 0 Å². The number of benzene rings is 1. The van der Waals surface area contributed by atoms with Gasteiger partial charge in [-0.2, -0.15) is 0 Å². The summed E-state index contributed by atoms with van der Waals surface area (Å²) in [6.07, 6.45) is 5.54. The molecule has 0 spiro atoms. The molecule has 2 heterocycles. The maximum absolute atomic E-state index is 12.6.